The number of methoxy groups -OCH3 is 1. The third-order valence-electron chi connectivity index (χ3n) is 7.80. The predicted molar refractivity (Wildman–Crippen MR) is 162 cm³/mol. The summed E-state index contributed by atoms with van der Waals surface area (Å²) in [6.45, 7) is 0.0154. The number of pyridine rings is 1. The predicted octanol–water partition coefficient (Wildman–Crippen LogP) is 6.29. The molecule has 1 aromatic heterocycles. The van der Waals surface area contributed by atoms with Gasteiger partial charge in [0.25, 0.3) is 0 Å². The molecule has 5 aromatic rings. The Kier molecular flexibility index (Phi) is 8.56. The van der Waals surface area contributed by atoms with E-state index in [0.29, 0.717) is 18.7 Å². The summed E-state index contributed by atoms with van der Waals surface area (Å²) in [6, 6.07) is 36.4. The van der Waals surface area contributed by atoms with Crippen molar-refractivity contribution in [1.82, 2.24) is 10.3 Å². The Labute approximate surface area is 236 Å². The second kappa shape index (κ2) is 12.4. The quantitative estimate of drug-likeness (QED) is 0.186. The van der Waals surface area contributed by atoms with Crippen LogP contribution in [0.5, 0.6) is 5.88 Å². The van der Waals surface area contributed by atoms with Crippen molar-refractivity contribution in [2.75, 3.05) is 20.8 Å². The molecule has 4 aromatic carbocycles. The van der Waals surface area contributed by atoms with Crippen LogP contribution in [0.3, 0.4) is 0 Å². The minimum absolute atomic E-state index is 0.0154. The number of aromatic nitrogens is 1. The van der Waals surface area contributed by atoms with E-state index in [1.54, 1.807) is 7.11 Å². The highest BCUT2D eigenvalue weighted by atomic mass is 16.5. The van der Waals surface area contributed by atoms with Crippen LogP contribution in [0.4, 0.5) is 0 Å². The molecule has 3 N–H and O–H groups in total. The highest BCUT2D eigenvalue weighted by Gasteiger charge is 2.44. The fourth-order valence-electron chi connectivity index (χ4n) is 5.86. The Morgan fingerprint density at radius 1 is 0.850 bits per heavy atom. The van der Waals surface area contributed by atoms with E-state index in [4.69, 9.17) is 9.72 Å². The normalized spacial score (nSPS) is 14.4. The van der Waals surface area contributed by atoms with Crippen LogP contribution >= 0.6 is 0 Å². The van der Waals surface area contributed by atoms with Crippen molar-refractivity contribution in [2.45, 2.75) is 30.4 Å². The van der Waals surface area contributed by atoms with Gasteiger partial charge in [-0.05, 0) is 53.4 Å². The summed E-state index contributed by atoms with van der Waals surface area (Å²) in [6.07, 6.45) is 2.68. The lowest BCUT2D eigenvalue weighted by Gasteiger charge is -2.41. The van der Waals surface area contributed by atoms with Gasteiger partial charge in [0.15, 0.2) is 0 Å². The average Bonchev–Trinajstić information content (AvgIpc) is 3.01. The monoisotopic (exact) mass is 532 g/mol. The van der Waals surface area contributed by atoms with Crippen molar-refractivity contribution < 1.29 is 14.9 Å². The summed E-state index contributed by atoms with van der Waals surface area (Å²) in [5.41, 5.74) is 3.15. The molecule has 1 heterocycles. The molecule has 0 saturated heterocycles. The second-order valence-electron chi connectivity index (χ2n) is 10.2. The molecule has 0 saturated carbocycles. The lowest BCUT2D eigenvalue weighted by molar-refractivity contribution is -0.000334. The van der Waals surface area contributed by atoms with E-state index in [9.17, 15) is 10.2 Å². The fraction of sp³-hybridized carbons (Fsp3) is 0.229. The van der Waals surface area contributed by atoms with Crippen LogP contribution < -0.4 is 10.1 Å². The van der Waals surface area contributed by atoms with E-state index >= 15 is 0 Å². The summed E-state index contributed by atoms with van der Waals surface area (Å²) in [7, 11) is 3.49. The van der Waals surface area contributed by atoms with Crippen molar-refractivity contribution in [3.05, 3.63) is 132 Å². The standard InChI is InChI=1S/C35H36N2O3/c1-36-29(20-21-38)23-35(39,32-19-11-17-26-14-9-10-18-30(26)32)33(27-15-7-4-8-16-27)31-22-28(24-37-34(31)40-2)25-12-5-3-6-13-25/h3-19,22,24,29,33,36,38-39H,20-21,23H2,1-2H3. The number of aliphatic hydroxyl groups is 2. The Hall–Kier alpha value is -4.03. The zero-order chi connectivity index (χ0) is 28.0. The zero-order valence-corrected chi connectivity index (χ0v) is 23.0. The van der Waals surface area contributed by atoms with Gasteiger partial charge < -0.3 is 20.3 Å². The number of nitrogens with zero attached hydrogens (tertiary/aromatic N) is 1. The largest absolute Gasteiger partial charge is 0.481 e. The van der Waals surface area contributed by atoms with Gasteiger partial charge in [-0.1, -0.05) is 103 Å². The van der Waals surface area contributed by atoms with Gasteiger partial charge in [-0.2, -0.15) is 0 Å². The molecule has 0 aliphatic rings. The zero-order valence-electron chi connectivity index (χ0n) is 23.0. The van der Waals surface area contributed by atoms with Crippen molar-refractivity contribution in [3.63, 3.8) is 0 Å². The summed E-state index contributed by atoms with van der Waals surface area (Å²) >= 11 is 0. The minimum atomic E-state index is -1.39. The molecule has 204 valence electrons. The smallest absolute Gasteiger partial charge is 0.217 e. The maximum absolute atomic E-state index is 13.3. The third kappa shape index (κ3) is 5.50. The van der Waals surface area contributed by atoms with Crippen molar-refractivity contribution in [2.24, 2.45) is 0 Å². The summed E-state index contributed by atoms with van der Waals surface area (Å²) in [5, 5.41) is 28.5. The van der Waals surface area contributed by atoms with Crippen LogP contribution in [0, 0.1) is 0 Å². The molecule has 40 heavy (non-hydrogen) atoms. The molecule has 5 nitrogen and oxygen atoms in total. The lowest BCUT2D eigenvalue weighted by atomic mass is 9.69. The molecule has 0 aliphatic carbocycles. The maximum atomic E-state index is 13.3. The van der Waals surface area contributed by atoms with Crippen molar-refractivity contribution >= 4 is 10.8 Å². The first-order valence-electron chi connectivity index (χ1n) is 13.7. The molecular weight excluding hydrogens is 496 g/mol. The maximum Gasteiger partial charge on any atom is 0.217 e. The molecule has 5 heteroatoms. The molecule has 0 fully saturated rings. The molecule has 5 rings (SSSR count). The SMILES string of the molecule is CNC(CCO)CC(O)(c1cccc2ccccc12)C(c1ccccc1)c1cc(-c2ccccc2)cnc1OC. The van der Waals surface area contributed by atoms with E-state index in [1.165, 1.54) is 0 Å². The summed E-state index contributed by atoms with van der Waals surface area (Å²) < 4.78 is 5.86. The van der Waals surface area contributed by atoms with Gasteiger partial charge in [0.05, 0.1) is 7.11 Å². The van der Waals surface area contributed by atoms with Gasteiger partial charge in [0.2, 0.25) is 5.88 Å². The summed E-state index contributed by atoms with van der Waals surface area (Å²) in [5.74, 6) is -0.0597. The van der Waals surface area contributed by atoms with Gasteiger partial charge in [-0.3, -0.25) is 0 Å². The average molecular weight is 533 g/mol. The van der Waals surface area contributed by atoms with E-state index < -0.39 is 11.5 Å². The molecule has 0 bridgehead atoms. The number of nitrogens with one attached hydrogen (secondary N) is 1. The second-order valence-corrected chi connectivity index (χ2v) is 10.2. The first-order chi connectivity index (χ1) is 19.6. The fourth-order valence-corrected chi connectivity index (χ4v) is 5.86. The molecule has 3 unspecified atom stereocenters. The Bertz CT molecular complexity index is 1540. The van der Waals surface area contributed by atoms with Crippen LogP contribution in [-0.4, -0.2) is 42.0 Å². The number of ether oxygens (including phenoxy) is 1. The Morgan fingerprint density at radius 2 is 1.52 bits per heavy atom. The number of fused-ring (bicyclic) bond motifs is 1. The number of hydrogen-bond donors (Lipinski definition) is 3. The van der Waals surface area contributed by atoms with Crippen LogP contribution in [0.1, 0.15) is 35.4 Å². The molecule has 3 atom stereocenters. The van der Waals surface area contributed by atoms with Crippen LogP contribution in [0.2, 0.25) is 0 Å². The van der Waals surface area contributed by atoms with Crippen LogP contribution in [0.15, 0.2) is 115 Å². The molecule has 0 amide bonds. The lowest BCUT2D eigenvalue weighted by Crippen LogP contribution is -2.42. The Balaban J connectivity index is 1.82. The molecular formula is C35H36N2O3. The van der Waals surface area contributed by atoms with Gasteiger partial charge in [-0.25, -0.2) is 4.98 Å². The first kappa shape index (κ1) is 27.5. The van der Waals surface area contributed by atoms with Gasteiger partial charge >= 0.3 is 0 Å². The van der Waals surface area contributed by atoms with E-state index in [-0.39, 0.29) is 12.6 Å². The Morgan fingerprint density at radius 3 is 2.23 bits per heavy atom. The number of aliphatic hydroxyl groups excluding tert-OH is 1. The molecule has 0 aliphatic heterocycles. The highest BCUT2D eigenvalue weighted by molar-refractivity contribution is 5.86. The number of benzene rings is 4. The summed E-state index contributed by atoms with van der Waals surface area (Å²) in [4.78, 5) is 4.74. The highest BCUT2D eigenvalue weighted by Crippen LogP contribution is 2.49. The van der Waals surface area contributed by atoms with Gasteiger partial charge in [0.1, 0.15) is 5.60 Å². The molecule has 0 spiro atoms. The number of hydrogen-bond acceptors (Lipinski definition) is 5. The van der Waals surface area contributed by atoms with Crippen molar-refractivity contribution in [3.8, 4) is 17.0 Å². The first-order valence-corrected chi connectivity index (χ1v) is 13.7. The number of rotatable bonds is 11. The third-order valence-corrected chi connectivity index (χ3v) is 7.80. The van der Waals surface area contributed by atoms with Gasteiger partial charge in [0, 0.05) is 35.9 Å². The topological polar surface area (TPSA) is 74.6 Å². The van der Waals surface area contributed by atoms with Crippen LogP contribution in [-0.2, 0) is 5.60 Å². The van der Waals surface area contributed by atoms with Crippen molar-refractivity contribution in [1.29, 1.82) is 0 Å². The van der Waals surface area contributed by atoms with E-state index in [0.717, 1.165) is 38.6 Å². The minimum Gasteiger partial charge on any atom is -0.481 e. The van der Waals surface area contributed by atoms with Gasteiger partial charge in [-0.15, -0.1) is 0 Å². The van der Waals surface area contributed by atoms with E-state index in [1.807, 2.05) is 73.9 Å². The van der Waals surface area contributed by atoms with E-state index in [2.05, 4.69) is 53.8 Å². The van der Waals surface area contributed by atoms with Crippen LogP contribution in [0.25, 0.3) is 21.9 Å². The molecule has 0 radical (unpaired) electrons.